The molecule has 1 aromatic carbocycles. The molecule has 1 atom stereocenters. The van der Waals surface area contributed by atoms with Gasteiger partial charge in [-0.05, 0) is 42.9 Å². The monoisotopic (exact) mass is 384 g/mol. The molecule has 0 bridgehead atoms. The molecular weight excluding hydrogens is 349 g/mol. The smallest absolute Gasteiger partial charge is 0.129 e. The van der Waals surface area contributed by atoms with Crippen LogP contribution < -0.4 is 0 Å². The zero-order valence-electron chi connectivity index (χ0n) is 16.5. The molecule has 0 spiro atoms. The molecule has 148 valence electrons. The predicted molar refractivity (Wildman–Crippen MR) is 108 cm³/mol. The van der Waals surface area contributed by atoms with Gasteiger partial charge in [0.25, 0.3) is 0 Å². The minimum atomic E-state index is -1.16. The normalized spacial score (nSPS) is 21.7. The van der Waals surface area contributed by atoms with Crippen molar-refractivity contribution in [3.63, 3.8) is 0 Å². The van der Waals surface area contributed by atoms with Crippen LogP contribution in [0.2, 0.25) is 18.1 Å². The van der Waals surface area contributed by atoms with Crippen LogP contribution in [-0.2, 0) is 6.42 Å². The third-order valence-electron chi connectivity index (χ3n) is 5.97. The highest BCUT2D eigenvalue weighted by Gasteiger charge is 2.25. The predicted octanol–water partition coefficient (Wildman–Crippen LogP) is 7.33. The summed E-state index contributed by atoms with van der Waals surface area (Å²) in [7, 11) is -0.596. The minimum Gasteiger partial charge on any atom is -0.247 e. The molecule has 1 aliphatic rings. The molecule has 0 saturated carbocycles. The molecule has 0 nitrogen and oxygen atoms in total. The van der Waals surface area contributed by atoms with E-state index in [9.17, 15) is 13.2 Å². The topological polar surface area (TPSA) is 0 Å². The van der Waals surface area contributed by atoms with Crippen LogP contribution >= 0.6 is 0 Å². The van der Waals surface area contributed by atoms with E-state index in [1.54, 1.807) is 0 Å². The molecule has 4 heteroatoms. The van der Waals surface area contributed by atoms with Gasteiger partial charge in [-0.1, -0.05) is 64.1 Å². The minimum absolute atomic E-state index is 0.0641. The molecule has 1 aromatic rings. The van der Waals surface area contributed by atoms with E-state index in [0.717, 1.165) is 44.1 Å². The molecule has 1 heterocycles. The number of hydrogen-bond acceptors (Lipinski definition) is 0. The molecule has 2 rings (SSSR count). The molecule has 1 aliphatic heterocycles. The summed E-state index contributed by atoms with van der Waals surface area (Å²) < 4.78 is 43.1. The zero-order chi connectivity index (χ0) is 18.9. The van der Waals surface area contributed by atoms with Gasteiger partial charge in [-0.15, -0.1) is 0 Å². The second kappa shape index (κ2) is 11.2. The summed E-state index contributed by atoms with van der Waals surface area (Å²) in [5, 5.41) is 0. The lowest BCUT2D eigenvalue weighted by molar-refractivity contribution is 0.297. The Morgan fingerprint density at radius 3 is 2.23 bits per heavy atom. The summed E-state index contributed by atoms with van der Waals surface area (Å²) in [6.07, 6.45) is 6.48. The summed E-state index contributed by atoms with van der Waals surface area (Å²) in [4.78, 5) is 0. The van der Waals surface area contributed by atoms with E-state index in [0.29, 0.717) is 6.42 Å². The molecule has 0 aliphatic carbocycles. The van der Waals surface area contributed by atoms with Crippen LogP contribution in [0.1, 0.15) is 82.3 Å². The fraction of sp³-hybridized carbons (Fsp3) is 0.727. The number of benzene rings is 1. The SMILES string of the molecule is CCCCCCC(F)Cc1c(F)cc(C2CC[SiH](CCC)CC2)cc1F. The van der Waals surface area contributed by atoms with Gasteiger partial charge in [0, 0.05) is 20.8 Å². The molecular formula is C22H35F3Si. The largest absolute Gasteiger partial charge is 0.247 e. The Morgan fingerprint density at radius 2 is 1.65 bits per heavy atom. The average molecular weight is 385 g/mol. The van der Waals surface area contributed by atoms with Crippen molar-refractivity contribution >= 4 is 8.80 Å². The first kappa shape index (κ1) is 21.5. The first-order valence-electron chi connectivity index (χ1n) is 10.7. The van der Waals surface area contributed by atoms with Crippen molar-refractivity contribution in [3.05, 3.63) is 34.9 Å². The second-order valence-corrected chi connectivity index (χ2v) is 11.6. The van der Waals surface area contributed by atoms with Gasteiger partial charge in [-0.3, -0.25) is 0 Å². The van der Waals surface area contributed by atoms with E-state index >= 15 is 0 Å². The first-order valence-corrected chi connectivity index (χ1v) is 13.1. The number of hydrogen-bond donors (Lipinski definition) is 0. The maximum Gasteiger partial charge on any atom is 0.129 e. The van der Waals surface area contributed by atoms with Crippen molar-refractivity contribution in [2.75, 3.05) is 0 Å². The van der Waals surface area contributed by atoms with Crippen LogP contribution in [0.4, 0.5) is 13.2 Å². The van der Waals surface area contributed by atoms with Crippen LogP contribution in [0.3, 0.4) is 0 Å². The number of unbranched alkanes of at least 4 members (excludes halogenated alkanes) is 3. The first-order chi connectivity index (χ1) is 12.5. The molecule has 1 saturated heterocycles. The molecule has 0 aromatic heterocycles. The summed E-state index contributed by atoms with van der Waals surface area (Å²) >= 11 is 0. The fourth-order valence-corrected chi connectivity index (χ4v) is 7.79. The fourth-order valence-electron chi connectivity index (χ4n) is 4.36. The van der Waals surface area contributed by atoms with Crippen molar-refractivity contribution in [2.45, 2.75) is 102 Å². The van der Waals surface area contributed by atoms with Crippen LogP contribution in [0.25, 0.3) is 0 Å². The maximum atomic E-state index is 14.5. The van der Waals surface area contributed by atoms with Gasteiger partial charge in [0.2, 0.25) is 0 Å². The highest BCUT2D eigenvalue weighted by Crippen LogP contribution is 2.36. The lowest BCUT2D eigenvalue weighted by atomic mass is 9.91. The van der Waals surface area contributed by atoms with E-state index in [1.807, 2.05) is 0 Å². The second-order valence-electron chi connectivity index (χ2n) is 8.12. The van der Waals surface area contributed by atoms with Crippen LogP contribution in [-0.4, -0.2) is 15.0 Å². The van der Waals surface area contributed by atoms with E-state index in [-0.39, 0.29) is 17.9 Å². The van der Waals surface area contributed by atoms with Crippen LogP contribution in [0.15, 0.2) is 12.1 Å². The summed E-state index contributed by atoms with van der Waals surface area (Å²) in [5.41, 5.74) is 0.719. The third-order valence-corrected chi connectivity index (χ3v) is 9.67. The standard InChI is InChI=1S/C22H35F3Si/c1-3-5-6-7-8-19(23)16-20-21(24)14-18(15-22(20)25)17-9-12-26(11-4-2)13-10-17/h14-15,17,19,26H,3-13,16H2,1-2H3. The van der Waals surface area contributed by atoms with Crippen molar-refractivity contribution < 1.29 is 13.2 Å². The quantitative estimate of drug-likeness (QED) is 0.292. The van der Waals surface area contributed by atoms with Gasteiger partial charge in [0.15, 0.2) is 0 Å². The van der Waals surface area contributed by atoms with Crippen molar-refractivity contribution in [2.24, 2.45) is 0 Å². The summed E-state index contributed by atoms with van der Waals surface area (Å²) in [5.74, 6) is -0.822. The number of rotatable bonds is 10. The Balaban J connectivity index is 1.93. The summed E-state index contributed by atoms with van der Waals surface area (Å²) in [6, 6.07) is 6.93. The Bertz CT molecular complexity index is 515. The summed E-state index contributed by atoms with van der Waals surface area (Å²) in [6.45, 7) is 4.35. The van der Waals surface area contributed by atoms with E-state index in [2.05, 4.69) is 13.8 Å². The van der Waals surface area contributed by atoms with Gasteiger partial charge < -0.3 is 0 Å². The lowest BCUT2D eigenvalue weighted by Gasteiger charge is -2.28. The Hall–Kier alpha value is -0.773. The Kier molecular flexibility index (Phi) is 9.24. The molecule has 0 amide bonds. The van der Waals surface area contributed by atoms with Crippen molar-refractivity contribution in [1.29, 1.82) is 0 Å². The van der Waals surface area contributed by atoms with E-state index in [1.165, 1.54) is 36.7 Å². The highest BCUT2D eigenvalue weighted by atomic mass is 28.3. The van der Waals surface area contributed by atoms with Crippen molar-refractivity contribution in [1.82, 2.24) is 0 Å². The van der Waals surface area contributed by atoms with Crippen LogP contribution in [0, 0.1) is 11.6 Å². The Labute approximate surface area is 159 Å². The number of halogens is 3. The van der Waals surface area contributed by atoms with E-state index < -0.39 is 26.6 Å². The molecule has 1 fully saturated rings. The lowest BCUT2D eigenvalue weighted by Crippen LogP contribution is -2.20. The molecule has 0 radical (unpaired) electrons. The number of alkyl halides is 1. The van der Waals surface area contributed by atoms with Gasteiger partial charge in [-0.25, -0.2) is 13.2 Å². The van der Waals surface area contributed by atoms with Gasteiger partial charge in [0.05, 0.1) is 0 Å². The molecule has 1 unspecified atom stereocenters. The molecule has 0 N–H and O–H groups in total. The van der Waals surface area contributed by atoms with Gasteiger partial charge in [0.1, 0.15) is 17.8 Å². The van der Waals surface area contributed by atoms with Crippen molar-refractivity contribution in [3.8, 4) is 0 Å². The van der Waals surface area contributed by atoms with Crippen LogP contribution in [0.5, 0.6) is 0 Å². The Morgan fingerprint density at radius 1 is 1.00 bits per heavy atom. The molecule has 26 heavy (non-hydrogen) atoms. The van der Waals surface area contributed by atoms with Gasteiger partial charge in [-0.2, -0.15) is 0 Å². The van der Waals surface area contributed by atoms with E-state index in [4.69, 9.17) is 0 Å². The maximum absolute atomic E-state index is 14.5. The average Bonchev–Trinajstić information content (AvgIpc) is 2.62. The zero-order valence-corrected chi connectivity index (χ0v) is 17.7. The van der Waals surface area contributed by atoms with Gasteiger partial charge >= 0.3 is 0 Å². The third kappa shape index (κ3) is 6.44. The highest BCUT2D eigenvalue weighted by molar-refractivity contribution is 6.59.